The molecule has 1 unspecified atom stereocenters. The van der Waals surface area contributed by atoms with Crippen LogP contribution in [0.5, 0.6) is 17.2 Å². The first kappa shape index (κ1) is 17.1. The van der Waals surface area contributed by atoms with Crippen LogP contribution in [0.3, 0.4) is 0 Å². The van der Waals surface area contributed by atoms with Gasteiger partial charge in [0.25, 0.3) is 0 Å². The normalized spacial score (nSPS) is 12.1. The summed E-state index contributed by atoms with van der Waals surface area (Å²) in [6, 6.07) is 5.77. The van der Waals surface area contributed by atoms with Gasteiger partial charge in [-0.05, 0) is 37.9 Å². The molecule has 0 saturated carbocycles. The molecule has 0 spiro atoms. The topological polar surface area (TPSA) is 27.7 Å². The number of thiophene rings is 1. The average Bonchev–Trinajstić information content (AvgIpc) is 2.84. The Morgan fingerprint density at radius 3 is 1.90 bits per heavy atom. The van der Waals surface area contributed by atoms with Gasteiger partial charge in [-0.1, -0.05) is 15.9 Å². The van der Waals surface area contributed by atoms with Gasteiger partial charge in [-0.3, -0.25) is 0 Å². The molecule has 0 fully saturated rings. The SMILES string of the molecule is COc1cc(OC)c(C(Br)c2cc(Br)c(Br)s2)c(OC)c1. The third-order valence-corrected chi connectivity index (χ3v) is 7.50. The standard InChI is InChI=1S/C14H13Br3O3S/c1-18-7-4-9(19-2)12(10(5-7)20-3)13(16)11-6-8(15)14(17)21-11/h4-6,13H,1-3H3. The third kappa shape index (κ3) is 3.57. The zero-order valence-corrected chi connectivity index (χ0v) is 17.2. The molecule has 1 aromatic heterocycles. The molecule has 0 bridgehead atoms. The summed E-state index contributed by atoms with van der Waals surface area (Å²) < 4.78 is 18.4. The molecule has 0 aliphatic rings. The van der Waals surface area contributed by atoms with Crippen molar-refractivity contribution in [1.29, 1.82) is 0 Å². The van der Waals surface area contributed by atoms with E-state index in [4.69, 9.17) is 14.2 Å². The second kappa shape index (κ2) is 7.35. The molecule has 0 radical (unpaired) electrons. The predicted molar refractivity (Wildman–Crippen MR) is 96.6 cm³/mol. The summed E-state index contributed by atoms with van der Waals surface area (Å²) in [5, 5.41) is 0. The number of alkyl halides is 1. The summed E-state index contributed by atoms with van der Waals surface area (Å²) in [6.07, 6.45) is 0. The minimum Gasteiger partial charge on any atom is -0.496 e. The first-order valence-electron chi connectivity index (χ1n) is 5.90. The van der Waals surface area contributed by atoms with Crippen LogP contribution in [0.25, 0.3) is 0 Å². The molecule has 2 rings (SSSR count). The van der Waals surface area contributed by atoms with Crippen molar-refractivity contribution in [3.05, 3.63) is 36.9 Å². The van der Waals surface area contributed by atoms with E-state index in [1.165, 1.54) is 0 Å². The molecule has 2 aromatic rings. The molecular formula is C14H13Br3O3S. The van der Waals surface area contributed by atoms with Crippen molar-refractivity contribution < 1.29 is 14.2 Å². The van der Waals surface area contributed by atoms with Crippen LogP contribution in [0, 0.1) is 0 Å². The van der Waals surface area contributed by atoms with Crippen molar-refractivity contribution in [2.75, 3.05) is 21.3 Å². The molecule has 3 nitrogen and oxygen atoms in total. The van der Waals surface area contributed by atoms with Gasteiger partial charge in [0.15, 0.2) is 0 Å². The van der Waals surface area contributed by atoms with Crippen molar-refractivity contribution in [3.63, 3.8) is 0 Å². The summed E-state index contributed by atoms with van der Waals surface area (Å²) >= 11 is 12.4. The summed E-state index contributed by atoms with van der Waals surface area (Å²) in [7, 11) is 4.89. The molecule has 1 aromatic carbocycles. The third-order valence-electron chi connectivity index (χ3n) is 2.92. The van der Waals surface area contributed by atoms with Gasteiger partial charge in [-0.15, -0.1) is 11.3 Å². The molecule has 0 N–H and O–H groups in total. The Hall–Kier alpha value is -0.240. The van der Waals surface area contributed by atoms with E-state index >= 15 is 0 Å². The fourth-order valence-electron chi connectivity index (χ4n) is 1.91. The van der Waals surface area contributed by atoms with Crippen LogP contribution in [0.15, 0.2) is 26.5 Å². The average molecular weight is 501 g/mol. The van der Waals surface area contributed by atoms with Crippen LogP contribution in [0.2, 0.25) is 0 Å². The van der Waals surface area contributed by atoms with E-state index in [-0.39, 0.29) is 4.83 Å². The van der Waals surface area contributed by atoms with E-state index in [0.717, 1.165) is 18.7 Å². The molecule has 1 atom stereocenters. The van der Waals surface area contributed by atoms with Crippen LogP contribution < -0.4 is 14.2 Å². The highest BCUT2D eigenvalue weighted by Gasteiger charge is 2.24. The first-order chi connectivity index (χ1) is 10.0. The monoisotopic (exact) mass is 498 g/mol. The highest BCUT2D eigenvalue weighted by molar-refractivity contribution is 9.13. The highest BCUT2D eigenvalue weighted by atomic mass is 79.9. The van der Waals surface area contributed by atoms with E-state index < -0.39 is 0 Å². The van der Waals surface area contributed by atoms with Crippen molar-refractivity contribution in [1.82, 2.24) is 0 Å². The number of rotatable bonds is 5. The Morgan fingerprint density at radius 2 is 1.52 bits per heavy atom. The van der Waals surface area contributed by atoms with Gasteiger partial charge in [0.2, 0.25) is 0 Å². The van der Waals surface area contributed by atoms with Gasteiger partial charge in [-0.25, -0.2) is 0 Å². The fourth-order valence-corrected chi connectivity index (χ4v) is 4.85. The van der Waals surface area contributed by atoms with E-state index in [9.17, 15) is 0 Å². The molecule has 0 aliphatic heterocycles. The van der Waals surface area contributed by atoms with Gasteiger partial charge in [-0.2, -0.15) is 0 Å². The Labute approximate surface area is 153 Å². The Morgan fingerprint density at radius 1 is 0.952 bits per heavy atom. The van der Waals surface area contributed by atoms with Crippen LogP contribution in [-0.4, -0.2) is 21.3 Å². The van der Waals surface area contributed by atoms with Crippen LogP contribution in [-0.2, 0) is 0 Å². The number of hydrogen-bond donors (Lipinski definition) is 0. The predicted octanol–water partition coefficient (Wildman–Crippen LogP) is 5.78. The van der Waals surface area contributed by atoms with Gasteiger partial charge in [0.1, 0.15) is 17.2 Å². The number of benzene rings is 1. The molecular weight excluding hydrogens is 488 g/mol. The molecule has 0 aliphatic carbocycles. The van der Waals surface area contributed by atoms with E-state index in [2.05, 4.69) is 53.9 Å². The van der Waals surface area contributed by atoms with E-state index in [1.807, 2.05) is 12.1 Å². The minimum absolute atomic E-state index is 0.0408. The van der Waals surface area contributed by atoms with Gasteiger partial charge in [0.05, 0.1) is 35.5 Å². The van der Waals surface area contributed by atoms with Crippen LogP contribution >= 0.6 is 59.1 Å². The lowest BCUT2D eigenvalue weighted by atomic mass is 10.1. The van der Waals surface area contributed by atoms with Crippen molar-refractivity contribution in [2.45, 2.75) is 4.83 Å². The zero-order valence-electron chi connectivity index (χ0n) is 11.6. The molecule has 114 valence electrons. The Kier molecular flexibility index (Phi) is 5.99. The fraction of sp³-hybridized carbons (Fsp3) is 0.286. The van der Waals surface area contributed by atoms with Crippen molar-refractivity contribution in [3.8, 4) is 17.2 Å². The van der Waals surface area contributed by atoms with Crippen LogP contribution in [0.1, 0.15) is 15.3 Å². The molecule has 1 heterocycles. The lowest BCUT2D eigenvalue weighted by Gasteiger charge is -2.18. The summed E-state index contributed by atoms with van der Waals surface area (Å²) in [5.74, 6) is 2.13. The highest BCUT2D eigenvalue weighted by Crippen LogP contribution is 2.48. The minimum atomic E-state index is -0.0408. The molecule has 0 saturated heterocycles. The maximum absolute atomic E-state index is 5.50. The first-order valence-corrected chi connectivity index (χ1v) is 9.22. The van der Waals surface area contributed by atoms with Crippen LogP contribution in [0.4, 0.5) is 0 Å². The Bertz CT molecular complexity index is 598. The molecule has 21 heavy (non-hydrogen) atoms. The second-order valence-electron chi connectivity index (χ2n) is 4.08. The Balaban J connectivity index is 2.55. The lowest BCUT2D eigenvalue weighted by molar-refractivity contribution is 0.370. The summed E-state index contributed by atoms with van der Waals surface area (Å²) in [5.41, 5.74) is 0.932. The van der Waals surface area contributed by atoms with E-state index in [0.29, 0.717) is 17.2 Å². The van der Waals surface area contributed by atoms with Crippen molar-refractivity contribution >= 4 is 59.1 Å². The van der Waals surface area contributed by atoms with Gasteiger partial charge >= 0.3 is 0 Å². The largest absolute Gasteiger partial charge is 0.496 e. The quantitative estimate of drug-likeness (QED) is 0.487. The number of methoxy groups -OCH3 is 3. The number of halogens is 3. The van der Waals surface area contributed by atoms with Crippen molar-refractivity contribution in [2.24, 2.45) is 0 Å². The second-order valence-corrected chi connectivity index (χ2v) is 8.25. The maximum atomic E-state index is 5.50. The molecule has 0 amide bonds. The van der Waals surface area contributed by atoms with E-state index in [1.54, 1.807) is 32.7 Å². The zero-order chi connectivity index (χ0) is 15.6. The number of hydrogen-bond acceptors (Lipinski definition) is 4. The lowest BCUT2D eigenvalue weighted by Crippen LogP contribution is -2.00. The number of ether oxygens (including phenoxy) is 3. The maximum Gasteiger partial charge on any atom is 0.130 e. The smallest absolute Gasteiger partial charge is 0.130 e. The molecule has 7 heteroatoms. The summed E-state index contributed by atoms with van der Waals surface area (Å²) in [4.78, 5) is 1.09. The van der Waals surface area contributed by atoms with Gasteiger partial charge < -0.3 is 14.2 Å². The van der Waals surface area contributed by atoms with Gasteiger partial charge in [0, 0.05) is 21.5 Å². The summed E-state index contributed by atoms with van der Waals surface area (Å²) in [6.45, 7) is 0.